The van der Waals surface area contributed by atoms with Crippen LogP contribution in [0.2, 0.25) is 0 Å². The van der Waals surface area contributed by atoms with Gasteiger partial charge in [-0.05, 0) is 43.7 Å². The van der Waals surface area contributed by atoms with Crippen molar-refractivity contribution in [3.8, 4) is 0 Å². The molecule has 2 heterocycles. The highest BCUT2D eigenvalue weighted by Gasteiger charge is 2.54. The van der Waals surface area contributed by atoms with Gasteiger partial charge >= 0.3 is 0 Å². The van der Waals surface area contributed by atoms with E-state index in [1.165, 1.54) is 48.8 Å². The molecule has 1 aliphatic carbocycles. The number of amides is 1. The fourth-order valence-corrected chi connectivity index (χ4v) is 6.54. The monoisotopic (exact) mass is 402 g/mol. The van der Waals surface area contributed by atoms with E-state index in [2.05, 4.69) is 71.7 Å². The van der Waals surface area contributed by atoms with Crippen LogP contribution >= 0.6 is 0 Å². The molecule has 3 heteroatoms. The second-order valence-electron chi connectivity index (χ2n) is 9.77. The third-order valence-electron chi connectivity index (χ3n) is 8.32. The molecule has 0 aromatic heterocycles. The van der Waals surface area contributed by atoms with Crippen LogP contribution in [0.1, 0.15) is 67.6 Å². The summed E-state index contributed by atoms with van der Waals surface area (Å²) in [6.45, 7) is 4.99. The van der Waals surface area contributed by atoms with Gasteiger partial charge < -0.3 is 5.32 Å². The highest BCUT2D eigenvalue weighted by molar-refractivity contribution is 5.86. The van der Waals surface area contributed by atoms with Gasteiger partial charge in [-0.2, -0.15) is 0 Å². The third kappa shape index (κ3) is 3.19. The minimum atomic E-state index is -0.235. The van der Waals surface area contributed by atoms with Crippen LogP contribution in [-0.4, -0.2) is 30.4 Å². The fourth-order valence-electron chi connectivity index (χ4n) is 6.54. The van der Waals surface area contributed by atoms with E-state index >= 15 is 0 Å². The van der Waals surface area contributed by atoms with E-state index in [-0.39, 0.29) is 16.9 Å². The smallest absolute Gasteiger partial charge is 0.227 e. The highest BCUT2D eigenvalue weighted by Crippen LogP contribution is 2.51. The topological polar surface area (TPSA) is 32.3 Å². The minimum Gasteiger partial charge on any atom is -0.355 e. The van der Waals surface area contributed by atoms with Gasteiger partial charge in [0.25, 0.3) is 0 Å². The van der Waals surface area contributed by atoms with Crippen molar-refractivity contribution >= 4 is 5.91 Å². The zero-order valence-electron chi connectivity index (χ0n) is 18.2. The zero-order valence-corrected chi connectivity index (χ0v) is 18.2. The van der Waals surface area contributed by atoms with Crippen molar-refractivity contribution in [2.24, 2.45) is 5.41 Å². The number of piperidine rings is 1. The number of benzene rings is 2. The van der Waals surface area contributed by atoms with E-state index < -0.39 is 0 Å². The molecule has 2 aromatic rings. The van der Waals surface area contributed by atoms with Gasteiger partial charge in [0.05, 0.1) is 5.41 Å². The van der Waals surface area contributed by atoms with Gasteiger partial charge in [-0.25, -0.2) is 0 Å². The summed E-state index contributed by atoms with van der Waals surface area (Å²) in [5, 5.41) is 3.21. The quantitative estimate of drug-likeness (QED) is 0.770. The maximum absolute atomic E-state index is 13.1. The molecule has 2 aromatic carbocycles. The molecule has 2 aliphatic heterocycles. The number of carbonyl (C=O) groups excluding carboxylic acids is 1. The van der Waals surface area contributed by atoms with Crippen molar-refractivity contribution in [3.05, 3.63) is 71.3 Å². The lowest BCUT2D eigenvalue weighted by Crippen LogP contribution is -2.54. The lowest BCUT2D eigenvalue weighted by molar-refractivity contribution is -0.132. The van der Waals surface area contributed by atoms with Crippen molar-refractivity contribution < 1.29 is 4.79 Å². The van der Waals surface area contributed by atoms with Crippen LogP contribution < -0.4 is 5.32 Å². The zero-order chi connectivity index (χ0) is 20.6. The number of carbonyl (C=O) groups is 1. The number of hydrogen-bond donors (Lipinski definition) is 1. The molecule has 1 amide bonds. The number of nitrogens with zero attached hydrogens (tertiary/aromatic N) is 1. The molecule has 0 bridgehead atoms. The van der Waals surface area contributed by atoms with Gasteiger partial charge in [-0.15, -0.1) is 0 Å². The predicted octanol–water partition coefficient (Wildman–Crippen LogP) is 5.15. The largest absolute Gasteiger partial charge is 0.355 e. The van der Waals surface area contributed by atoms with Crippen molar-refractivity contribution in [2.45, 2.75) is 63.3 Å². The van der Waals surface area contributed by atoms with Gasteiger partial charge in [0.2, 0.25) is 5.91 Å². The Hall–Kier alpha value is -2.13. The Morgan fingerprint density at radius 3 is 2.20 bits per heavy atom. The summed E-state index contributed by atoms with van der Waals surface area (Å²) in [5.74, 6) is 0.582. The lowest BCUT2D eigenvalue weighted by Gasteiger charge is -2.52. The van der Waals surface area contributed by atoms with Crippen molar-refractivity contribution in [3.63, 3.8) is 0 Å². The second-order valence-corrected chi connectivity index (χ2v) is 9.77. The molecule has 3 fully saturated rings. The Labute approximate surface area is 180 Å². The van der Waals surface area contributed by atoms with E-state index in [0.29, 0.717) is 5.92 Å². The van der Waals surface area contributed by atoms with Crippen molar-refractivity contribution in [1.82, 2.24) is 10.2 Å². The molecule has 1 saturated carbocycles. The van der Waals surface area contributed by atoms with E-state index in [1.807, 2.05) is 0 Å². The van der Waals surface area contributed by atoms with Gasteiger partial charge in [0.15, 0.2) is 0 Å². The summed E-state index contributed by atoms with van der Waals surface area (Å²) in [5.41, 5.74) is 4.05. The maximum Gasteiger partial charge on any atom is 0.227 e. The van der Waals surface area contributed by atoms with Gasteiger partial charge in [-0.3, -0.25) is 9.69 Å². The average Bonchev–Trinajstić information content (AvgIpc) is 3.11. The maximum atomic E-state index is 13.1. The van der Waals surface area contributed by atoms with E-state index in [9.17, 15) is 4.79 Å². The minimum absolute atomic E-state index is 0.158. The van der Waals surface area contributed by atoms with Crippen LogP contribution in [-0.2, 0) is 10.3 Å². The first-order chi connectivity index (χ1) is 14.6. The summed E-state index contributed by atoms with van der Waals surface area (Å²) < 4.78 is 0. The van der Waals surface area contributed by atoms with Crippen molar-refractivity contribution in [2.75, 3.05) is 19.6 Å². The number of likely N-dealkylation sites (tertiary alicyclic amines) is 1. The summed E-state index contributed by atoms with van der Waals surface area (Å²) in [6, 6.07) is 19.9. The Kier molecular flexibility index (Phi) is 5.18. The number of rotatable bonds is 3. The molecule has 3 nitrogen and oxygen atoms in total. The van der Waals surface area contributed by atoms with E-state index in [1.54, 1.807) is 0 Å². The van der Waals surface area contributed by atoms with Gasteiger partial charge in [0.1, 0.15) is 0 Å². The van der Waals surface area contributed by atoms with Crippen LogP contribution in [0.3, 0.4) is 0 Å². The first kappa shape index (κ1) is 19.8. The number of aryl methyl sites for hydroxylation is 1. The first-order valence-electron chi connectivity index (χ1n) is 11.8. The summed E-state index contributed by atoms with van der Waals surface area (Å²) >= 11 is 0. The Morgan fingerprint density at radius 2 is 1.53 bits per heavy atom. The van der Waals surface area contributed by atoms with Gasteiger partial charge in [-0.1, -0.05) is 79.4 Å². The second kappa shape index (κ2) is 7.85. The average molecular weight is 403 g/mol. The van der Waals surface area contributed by atoms with Crippen LogP contribution in [0.15, 0.2) is 54.6 Å². The Bertz CT molecular complexity index is 875. The van der Waals surface area contributed by atoms with Crippen LogP contribution in [0.4, 0.5) is 0 Å². The molecular formula is C27H34N2O. The number of nitrogens with one attached hydrogen (secondary N) is 1. The molecule has 1 atom stereocenters. The fraction of sp³-hybridized carbons (Fsp3) is 0.519. The van der Waals surface area contributed by atoms with Crippen molar-refractivity contribution in [1.29, 1.82) is 0 Å². The molecule has 5 rings (SSSR count). The molecule has 3 aliphatic rings. The molecular weight excluding hydrogens is 368 g/mol. The molecule has 1 spiro atoms. The molecule has 158 valence electrons. The highest BCUT2D eigenvalue weighted by atomic mass is 16.2. The standard InChI is InChI=1S/C27H34N2O/c1-21-10-12-23(13-11-21)27(14-6-3-7-15-27)29-18-16-26(17-19-29)24(20-28-25(26)30)22-8-4-2-5-9-22/h2,4-5,8-13,24H,3,6-7,14-20H2,1H3,(H,28,30). The van der Waals surface area contributed by atoms with Crippen LogP contribution in [0, 0.1) is 12.3 Å². The molecule has 2 saturated heterocycles. The number of hydrogen-bond acceptors (Lipinski definition) is 2. The van der Waals surface area contributed by atoms with E-state index in [0.717, 1.165) is 32.5 Å². The Balaban J connectivity index is 1.42. The summed E-state index contributed by atoms with van der Waals surface area (Å²) in [7, 11) is 0. The van der Waals surface area contributed by atoms with E-state index in [4.69, 9.17) is 0 Å². The van der Waals surface area contributed by atoms with Crippen LogP contribution in [0.25, 0.3) is 0 Å². The SMILES string of the molecule is Cc1ccc(C2(N3CCC4(CC3)C(=O)NCC4c3ccccc3)CCCCC2)cc1. The van der Waals surface area contributed by atoms with Crippen LogP contribution in [0.5, 0.6) is 0 Å². The summed E-state index contributed by atoms with van der Waals surface area (Å²) in [4.78, 5) is 15.8. The molecule has 1 N–H and O–H groups in total. The normalized spacial score (nSPS) is 25.9. The molecule has 30 heavy (non-hydrogen) atoms. The predicted molar refractivity (Wildman–Crippen MR) is 121 cm³/mol. The molecule has 1 unspecified atom stereocenters. The first-order valence-corrected chi connectivity index (χ1v) is 11.8. The summed E-state index contributed by atoms with van der Waals surface area (Å²) in [6.07, 6.45) is 8.39. The molecule has 0 radical (unpaired) electrons. The van der Waals surface area contributed by atoms with Gasteiger partial charge in [0, 0.05) is 31.1 Å². The third-order valence-corrected chi connectivity index (χ3v) is 8.32. The lowest BCUT2D eigenvalue weighted by atomic mass is 9.66. The Morgan fingerprint density at radius 1 is 0.867 bits per heavy atom.